The van der Waals surface area contributed by atoms with Crippen molar-refractivity contribution in [3.8, 4) is 6.07 Å². The van der Waals surface area contributed by atoms with E-state index in [0.29, 0.717) is 29.9 Å². The molecule has 3 rings (SSSR count). The highest BCUT2D eigenvalue weighted by Gasteiger charge is 2.41. The molecule has 1 fully saturated rings. The number of benzene rings is 2. The largest absolute Gasteiger partial charge is 0.325 e. The van der Waals surface area contributed by atoms with Crippen LogP contribution in [0.4, 0.5) is 21.9 Å². The Morgan fingerprint density at radius 1 is 0.846 bits per heavy atom. The number of amides is 3. The standard InChI is InChI=1S/C20H20N4O2/c21-14-20(11-4-5-12-20)18(25)22-16-9-6-10-17(13-16)24-19(26)23-15-7-2-1-3-8-15/h1-3,6-10,13H,4-5,11-12H2,(H,22,25)(H2,23,24,26). The van der Waals surface area contributed by atoms with E-state index in [1.807, 2.05) is 18.2 Å². The number of carbonyl (C=O) groups is 2. The van der Waals surface area contributed by atoms with Crippen LogP contribution < -0.4 is 16.0 Å². The normalized spacial score (nSPS) is 14.9. The zero-order valence-corrected chi connectivity index (χ0v) is 14.3. The predicted molar refractivity (Wildman–Crippen MR) is 101 cm³/mol. The third kappa shape index (κ3) is 4.01. The van der Waals surface area contributed by atoms with E-state index in [2.05, 4.69) is 22.0 Å². The first-order chi connectivity index (χ1) is 12.6. The first kappa shape index (κ1) is 17.5. The minimum atomic E-state index is -0.936. The summed E-state index contributed by atoms with van der Waals surface area (Å²) in [6.45, 7) is 0. The fourth-order valence-electron chi connectivity index (χ4n) is 3.11. The summed E-state index contributed by atoms with van der Waals surface area (Å²) in [6, 6.07) is 17.8. The van der Waals surface area contributed by atoms with Gasteiger partial charge in [0.25, 0.3) is 0 Å². The molecule has 2 aromatic carbocycles. The summed E-state index contributed by atoms with van der Waals surface area (Å²) in [7, 11) is 0. The van der Waals surface area contributed by atoms with Crippen LogP contribution in [0.15, 0.2) is 54.6 Å². The predicted octanol–water partition coefficient (Wildman–Crippen LogP) is 4.35. The molecule has 1 saturated carbocycles. The molecule has 0 radical (unpaired) electrons. The zero-order valence-electron chi connectivity index (χ0n) is 14.3. The van der Waals surface area contributed by atoms with Crippen molar-refractivity contribution in [3.63, 3.8) is 0 Å². The maximum Gasteiger partial charge on any atom is 0.323 e. The van der Waals surface area contributed by atoms with Crippen molar-refractivity contribution < 1.29 is 9.59 Å². The number of rotatable bonds is 4. The lowest BCUT2D eigenvalue weighted by Crippen LogP contribution is -2.32. The average molecular weight is 348 g/mol. The number of hydrogen-bond acceptors (Lipinski definition) is 3. The molecular formula is C20H20N4O2. The second kappa shape index (κ2) is 7.70. The Bertz CT molecular complexity index is 836. The van der Waals surface area contributed by atoms with Crippen LogP contribution in [0.1, 0.15) is 25.7 Å². The van der Waals surface area contributed by atoms with Gasteiger partial charge in [0.15, 0.2) is 0 Å². The number of hydrogen-bond donors (Lipinski definition) is 3. The lowest BCUT2D eigenvalue weighted by Gasteiger charge is -2.19. The van der Waals surface area contributed by atoms with Crippen LogP contribution >= 0.6 is 0 Å². The summed E-state index contributed by atoms with van der Waals surface area (Å²) in [5.41, 5.74) is 0.850. The van der Waals surface area contributed by atoms with E-state index in [4.69, 9.17) is 0 Å². The molecule has 0 aromatic heterocycles. The molecule has 3 N–H and O–H groups in total. The third-order valence-electron chi connectivity index (χ3n) is 4.52. The highest BCUT2D eigenvalue weighted by molar-refractivity contribution is 6.01. The van der Waals surface area contributed by atoms with Gasteiger partial charge in [0.05, 0.1) is 6.07 Å². The van der Waals surface area contributed by atoms with Gasteiger partial charge in [-0.3, -0.25) is 4.79 Å². The summed E-state index contributed by atoms with van der Waals surface area (Å²) in [6.07, 6.45) is 2.96. The van der Waals surface area contributed by atoms with Crippen LogP contribution in [0.3, 0.4) is 0 Å². The SMILES string of the molecule is N#CC1(C(=O)Nc2cccc(NC(=O)Nc3ccccc3)c2)CCCC1. The van der Waals surface area contributed by atoms with Gasteiger partial charge in [-0.05, 0) is 43.2 Å². The van der Waals surface area contributed by atoms with Gasteiger partial charge in [0.2, 0.25) is 5.91 Å². The maximum atomic E-state index is 12.5. The monoisotopic (exact) mass is 348 g/mol. The van der Waals surface area contributed by atoms with E-state index in [1.165, 1.54) is 0 Å². The quantitative estimate of drug-likeness (QED) is 0.766. The molecule has 3 amide bonds. The number of urea groups is 1. The molecule has 0 heterocycles. The Kier molecular flexibility index (Phi) is 5.18. The zero-order chi connectivity index (χ0) is 18.4. The highest BCUT2D eigenvalue weighted by Crippen LogP contribution is 2.38. The molecule has 0 bridgehead atoms. The first-order valence-corrected chi connectivity index (χ1v) is 8.57. The molecule has 0 unspecified atom stereocenters. The summed E-state index contributed by atoms with van der Waals surface area (Å²) < 4.78 is 0. The number of carbonyl (C=O) groups excluding carboxylic acids is 2. The van der Waals surface area contributed by atoms with Gasteiger partial charge >= 0.3 is 6.03 Å². The lowest BCUT2D eigenvalue weighted by atomic mass is 9.87. The summed E-state index contributed by atoms with van der Waals surface area (Å²) in [5.74, 6) is -0.275. The van der Waals surface area contributed by atoms with Crippen LogP contribution in [0.2, 0.25) is 0 Å². The number of para-hydroxylation sites is 1. The highest BCUT2D eigenvalue weighted by atomic mass is 16.2. The van der Waals surface area contributed by atoms with Crippen LogP contribution in [0, 0.1) is 16.7 Å². The van der Waals surface area contributed by atoms with Crippen LogP contribution in [0.25, 0.3) is 0 Å². The number of nitrogens with one attached hydrogen (secondary N) is 3. The van der Waals surface area contributed by atoms with E-state index in [1.54, 1.807) is 36.4 Å². The van der Waals surface area contributed by atoms with E-state index in [9.17, 15) is 14.9 Å². The topological polar surface area (TPSA) is 94.0 Å². The Labute approximate surface area is 152 Å². The Morgan fingerprint density at radius 2 is 1.42 bits per heavy atom. The van der Waals surface area contributed by atoms with Crippen LogP contribution in [-0.4, -0.2) is 11.9 Å². The number of nitriles is 1. The second-order valence-electron chi connectivity index (χ2n) is 6.38. The van der Waals surface area contributed by atoms with Gasteiger partial charge in [-0.25, -0.2) is 4.79 Å². The van der Waals surface area contributed by atoms with Crippen molar-refractivity contribution in [3.05, 3.63) is 54.6 Å². The van der Waals surface area contributed by atoms with Gasteiger partial charge in [0.1, 0.15) is 5.41 Å². The average Bonchev–Trinajstić information content (AvgIpc) is 3.13. The first-order valence-electron chi connectivity index (χ1n) is 8.57. The fourth-order valence-corrected chi connectivity index (χ4v) is 3.11. The molecule has 0 spiro atoms. The lowest BCUT2D eigenvalue weighted by molar-refractivity contribution is -0.122. The fraction of sp³-hybridized carbons (Fsp3) is 0.250. The molecule has 6 nitrogen and oxygen atoms in total. The minimum absolute atomic E-state index is 0.275. The van der Waals surface area contributed by atoms with E-state index in [-0.39, 0.29) is 11.9 Å². The van der Waals surface area contributed by atoms with Crippen molar-refractivity contribution in [1.29, 1.82) is 5.26 Å². The number of anilines is 3. The van der Waals surface area contributed by atoms with Gasteiger partial charge < -0.3 is 16.0 Å². The van der Waals surface area contributed by atoms with Crippen LogP contribution in [0.5, 0.6) is 0 Å². The Balaban J connectivity index is 1.64. The van der Waals surface area contributed by atoms with Gasteiger partial charge in [-0.2, -0.15) is 5.26 Å². The third-order valence-corrected chi connectivity index (χ3v) is 4.52. The van der Waals surface area contributed by atoms with Gasteiger partial charge in [-0.15, -0.1) is 0 Å². The van der Waals surface area contributed by atoms with Gasteiger partial charge in [-0.1, -0.05) is 37.1 Å². The van der Waals surface area contributed by atoms with Crippen molar-refractivity contribution in [2.75, 3.05) is 16.0 Å². The van der Waals surface area contributed by atoms with Crippen molar-refractivity contribution in [2.45, 2.75) is 25.7 Å². The molecule has 132 valence electrons. The number of nitrogens with zero attached hydrogens (tertiary/aromatic N) is 1. The molecule has 2 aromatic rings. The molecular weight excluding hydrogens is 328 g/mol. The molecule has 0 aliphatic heterocycles. The minimum Gasteiger partial charge on any atom is -0.325 e. The smallest absolute Gasteiger partial charge is 0.323 e. The molecule has 6 heteroatoms. The molecule has 0 saturated heterocycles. The van der Waals surface area contributed by atoms with Crippen molar-refractivity contribution in [1.82, 2.24) is 0 Å². The maximum absolute atomic E-state index is 12.5. The molecule has 0 atom stereocenters. The summed E-state index contributed by atoms with van der Waals surface area (Å²) >= 11 is 0. The van der Waals surface area contributed by atoms with Crippen molar-refractivity contribution in [2.24, 2.45) is 5.41 Å². The van der Waals surface area contributed by atoms with E-state index < -0.39 is 5.41 Å². The molecule has 1 aliphatic carbocycles. The summed E-state index contributed by atoms with van der Waals surface area (Å²) in [5, 5.41) is 17.7. The van der Waals surface area contributed by atoms with Gasteiger partial charge in [0, 0.05) is 17.1 Å². The molecule has 26 heavy (non-hydrogen) atoms. The second-order valence-corrected chi connectivity index (χ2v) is 6.38. The Hall–Kier alpha value is -3.33. The Morgan fingerprint density at radius 3 is 2.08 bits per heavy atom. The molecule has 1 aliphatic rings. The van der Waals surface area contributed by atoms with E-state index >= 15 is 0 Å². The van der Waals surface area contributed by atoms with Crippen LogP contribution in [-0.2, 0) is 4.79 Å². The van der Waals surface area contributed by atoms with Crippen molar-refractivity contribution >= 4 is 29.0 Å². The van der Waals surface area contributed by atoms with E-state index in [0.717, 1.165) is 12.8 Å². The summed E-state index contributed by atoms with van der Waals surface area (Å²) in [4.78, 5) is 24.6.